The van der Waals surface area contributed by atoms with Crippen molar-refractivity contribution in [1.82, 2.24) is 14.4 Å². The SMILES string of the molecule is O=C(O)c1cc2nccn2cn1. The zero-order chi connectivity index (χ0) is 8.55. The zero-order valence-corrected chi connectivity index (χ0v) is 6.01. The van der Waals surface area contributed by atoms with Crippen LogP contribution in [0.3, 0.4) is 0 Å². The second-order valence-corrected chi connectivity index (χ2v) is 2.27. The molecule has 0 atom stereocenters. The number of rotatable bonds is 1. The van der Waals surface area contributed by atoms with E-state index in [4.69, 9.17) is 5.11 Å². The van der Waals surface area contributed by atoms with E-state index in [1.807, 2.05) is 0 Å². The molecule has 0 saturated heterocycles. The van der Waals surface area contributed by atoms with Crippen molar-refractivity contribution in [1.29, 1.82) is 0 Å². The Balaban J connectivity index is 2.68. The molecule has 2 heterocycles. The molecule has 2 aromatic heterocycles. The number of hydrogen-bond donors (Lipinski definition) is 1. The molecule has 0 bridgehead atoms. The van der Waals surface area contributed by atoms with Crippen molar-refractivity contribution >= 4 is 11.6 Å². The van der Waals surface area contributed by atoms with Crippen LogP contribution in [0.15, 0.2) is 24.8 Å². The molecular weight excluding hydrogens is 158 g/mol. The van der Waals surface area contributed by atoms with Gasteiger partial charge in [-0.15, -0.1) is 0 Å². The molecule has 12 heavy (non-hydrogen) atoms. The average Bonchev–Trinajstić information content (AvgIpc) is 2.49. The highest BCUT2D eigenvalue weighted by atomic mass is 16.4. The highest BCUT2D eigenvalue weighted by Crippen LogP contribution is 2.01. The smallest absolute Gasteiger partial charge is 0.354 e. The minimum Gasteiger partial charge on any atom is -0.477 e. The normalized spacial score (nSPS) is 10.3. The molecule has 0 amide bonds. The van der Waals surface area contributed by atoms with Crippen molar-refractivity contribution in [3.8, 4) is 0 Å². The monoisotopic (exact) mass is 163 g/mol. The van der Waals surface area contributed by atoms with Crippen molar-refractivity contribution in [2.75, 3.05) is 0 Å². The molecule has 0 aliphatic rings. The van der Waals surface area contributed by atoms with Gasteiger partial charge in [0.05, 0.1) is 0 Å². The van der Waals surface area contributed by atoms with Crippen LogP contribution in [0.25, 0.3) is 5.65 Å². The zero-order valence-electron chi connectivity index (χ0n) is 6.01. The molecule has 0 radical (unpaired) electrons. The number of aromatic carboxylic acids is 1. The number of aromatic nitrogens is 3. The van der Waals surface area contributed by atoms with E-state index in [-0.39, 0.29) is 5.69 Å². The predicted molar refractivity (Wildman–Crippen MR) is 39.9 cm³/mol. The van der Waals surface area contributed by atoms with Gasteiger partial charge in [-0.3, -0.25) is 4.40 Å². The lowest BCUT2D eigenvalue weighted by Gasteiger charge is -1.93. The fourth-order valence-corrected chi connectivity index (χ4v) is 0.935. The largest absolute Gasteiger partial charge is 0.477 e. The molecule has 1 N–H and O–H groups in total. The molecule has 5 heteroatoms. The molecule has 60 valence electrons. The molecule has 5 nitrogen and oxygen atoms in total. The Morgan fingerprint density at radius 3 is 3.08 bits per heavy atom. The highest BCUT2D eigenvalue weighted by molar-refractivity contribution is 5.86. The lowest BCUT2D eigenvalue weighted by Crippen LogP contribution is -2.01. The number of imidazole rings is 1. The number of carboxylic acids is 1. The van der Waals surface area contributed by atoms with Gasteiger partial charge in [-0.25, -0.2) is 14.8 Å². The third kappa shape index (κ3) is 0.914. The topological polar surface area (TPSA) is 67.5 Å². The van der Waals surface area contributed by atoms with Crippen LogP contribution >= 0.6 is 0 Å². The molecule has 0 unspecified atom stereocenters. The van der Waals surface area contributed by atoms with Crippen molar-refractivity contribution in [3.05, 3.63) is 30.5 Å². The van der Waals surface area contributed by atoms with Crippen LogP contribution in [0.1, 0.15) is 10.5 Å². The van der Waals surface area contributed by atoms with Crippen LogP contribution in [0.4, 0.5) is 0 Å². The van der Waals surface area contributed by atoms with Gasteiger partial charge in [0, 0.05) is 18.5 Å². The van der Waals surface area contributed by atoms with Crippen LogP contribution in [0.5, 0.6) is 0 Å². The number of carbonyl (C=O) groups is 1. The summed E-state index contributed by atoms with van der Waals surface area (Å²) in [4.78, 5) is 18.1. The molecule has 0 aromatic carbocycles. The molecule has 0 spiro atoms. The van der Waals surface area contributed by atoms with Crippen molar-refractivity contribution < 1.29 is 9.90 Å². The van der Waals surface area contributed by atoms with Crippen LogP contribution in [0, 0.1) is 0 Å². The van der Waals surface area contributed by atoms with E-state index in [1.165, 1.54) is 12.4 Å². The Hall–Kier alpha value is -1.91. The average molecular weight is 163 g/mol. The van der Waals surface area contributed by atoms with E-state index in [2.05, 4.69) is 9.97 Å². The second kappa shape index (κ2) is 2.30. The van der Waals surface area contributed by atoms with Gasteiger partial charge < -0.3 is 5.11 Å². The number of carboxylic acid groups (broad SMARTS) is 1. The number of fused-ring (bicyclic) bond motifs is 1. The standard InChI is InChI=1S/C7H5N3O2/c11-7(12)5-3-6-8-1-2-10(6)4-9-5/h1-4H,(H,11,12). The van der Waals surface area contributed by atoms with Crippen LogP contribution in [-0.2, 0) is 0 Å². The van der Waals surface area contributed by atoms with Crippen LogP contribution in [-0.4, -0.2) is 25.4 Å². The summed E-state index contributed by atoms with van der Waals surface area (Å²) in [7, 11) is 0. The predicted octanol–water partition coefficient (Wildman–Crippen LogP) is 0.427. The Labute approximate surface area is 67.3 Å². The third-order valence-electron chi connectivity index (χ3n) is 1.50. The first kappa shape index (κ1) is 6.78. The van der Waals surface area contributed by atoms with Gasteiger partial charge in [-0.05, 0) is 0 Å². The van der Waals surface area contributed by atoms with Crippen LogP contribution < -0.4 is 0 Å². The molecule has 0 saturated carbocycles. The Morgan fingerprint density at radius 1 is 1.50 bits per heavy atom. The van der Waals surface area contributed by atoms with Gasteiger partial charge in [0.1, 0.15) is 12.0 Å². The Morgan fingerprint density at radius 2 is 2.33 bits per heavy atom. The van der Waals surface area contributed by atoms with Gasteiger partial charge in [0.25, 0.3) is 0 Å². The highest BCUT2D eigenvalue weighted by Gasteiger charge is 2.04. The molecule has 0 aliphatic carbocycles. The fraction of sp³-hybridized carbons (Fsp3) is 0. The maximum atomic E-state index is 10.5. The molecule has 0 fully saturated rings. The van der Waals surface area contributed by atoms with Gasteiger partial charge in [-0.1, -0.05) is 0 Å². The van der Waals surface area contributed by atoms with E-state index in [0.29, 0.717) is 5.65 Å². The minimum atomic E-state index is -1.04. The third-order valence-corrected chi connectivity index (χ3v) is 1.50. The van der Waals surface area contributed by atoms with Crippen molar-refractivity contribution in [2.45, 2.75) is 0 Å². The summed E-state index contributed by atoms with van der Waals surface area (Å²) >= 11 is 0. The maximum absolute atomic E-state index is 10.5. The molecule has 0 aliphatic heterocycles. The number of nitrogens with zero attached hydrogens (tertiary/aromatic N) is 3. The van der Waals surface area contributed by atoms with E-state index >= 15 is 0 Å². The van der Waals surface area contributed by atoms with E-state index in [1.54, 1.807) is 16.8 Å². The summed E-state index contributed by atoms with van der Waals surface area (Å²) in [5.74, 6) is -1.04. The summed E-state index contributed by atoms with van der Waals surface area (Å²) in [6, 6.07) is 1.42. The second-order valence-electron chi connectivity index (χ2n) is 2.27. The van der Waals surface area contributed by atoms with Gasteiger partial charge in [0.2, 0.25) is 0 Å². The summed E-state index contributed by atoms with van der Waals surface area (Å²) in [5.41, 5.74) is 0.594. The molecular formula is C7H5N3O2. The maximum Gasteiger partial charge on any atom is 0.354 e. The van der Waals surface area contributed by atoms with Crippen molar-refractivity contribution in [3.63, 3.8) is 0 Å². The summed E-state index contributed by atoms with van der Waals surface area (Å²) in [6.45, 7) is 0. The van der Waals surface area contributed by atoms with Gasteiger partial charge in [-0.2, -0.15) is 0 Å². The summed E-state index contributed by atoms with van der Waals surface area (Å²) < 4.78 is 1.65. The lowest BCUT2D eigenvalue weighted by atomic mass is 10.4. The van der Waals surface area contributed by atoms with Gasteiger partial charge >= 0.3 is 5.97 Å². The summed E-state index contributed by atoms with van der Waals surface area (Å²) in [5, 5.41) is 8.58. The number of hydrogen-bond acceptors (Lipinski definition) is 3. The first-order chi connectivity index (χ1) is 5.77. The quantitative estimate of drug-likeness (QED) is 0.661. The van der Waals surface area contributed by atoms with Crippen LogP contribution in [0.2, 0.25) is 0 Å². The molecule has 2 aromatic rings. The molecule has 2 rings (SSSR count). The minimum absolute atomic E-state index is 0.00806. The lowest BCUT2D eigenvalue weighted by molar-refractivity contribution is 0.0690. The first-order valence-electron chi connectivity index (χ1n) is 3.29. The Kier molecular flexibility index (Phi) is 1.30. The first-order valence-corrected chi connectivity index (χ1v) is 3.29. The summed E-state index contributed by atoms with van der Waals surface area (Å²) in [6.07, 6.45) is 4.71. The van der Waals surface area contributed by atoms with E-state index < -0.39 is 5.97 Å². The van der Waals surface area contributed by atoms with Gasteiger partial charge in [0.15, 0.2) is 5.69 Å². The fourth-order valence-electron chi connectivity index (χ4n) is 0.935. The van der Waals surface area contributed by atoms with Crippen molar-refractivity contribution in [2.24, 2.45) is 0 Å². The van der Waals surface area contributed by atoms with E-state index in [0.717, 1.165) is 0 Å². The Bertz CT molecular complexity index is 435. The van der Waals surface area contributed by atoms with E-state index in [9.17, 15) is 4.79 Å².